The van der Waals surface area contributed by atoms with Crippen molar-refractivity contribution in [3.05, 3.63) is 42.0 Å². The SMILES string of the molecule is NS(=O)(=O)c1ccc(F)cc1NC(=O)c1ccon1. The van der Waals surface area contributed by atoms with Gasteiger partial charge in [-0.15, -0.1) is 0 Å². The molecule has 0 saturated heterocycles. The van der Waals surface area contributed by atoms with Gasteiger partial charge in [-0.3, -0.25) is 4.79 Å². The van der Waals surface area contributed by atoms with E-state index in [-0.39, 0.29) is 11.4 Å². The summed E-state index contributed by atoms with van der Waals surface area (Å²) in [5.74, 6) is -1.47. The second-order valence-corrected chi connectivity index (χ2v) is 5.05. The number of halogens is 1. The molecule has 0 saturated carbocycles. The van der Waals surface area contributed by atoms with E-state index in [9.17, 15) is 17.6 Å². The van der Waals surface area contributed by atoms with Gasteiger partial charge in [-0.05, 0) is 18.2 Å². The summed E-state index contributed by atoms with van der Waals surface area (Å²) in [6.07, 6.45) is 1.17. The molecule has 19 heavy (non-hydrogen) atoms. The second-order valence-electron chi connectivity index (χ2n) is 3.52. The number of primary sulfonamides is 1. The summed E-state index contributed by atoms with van der Waals surface area (Å²) in [5.41, 5.74) is -0.347. The zero-order valence-corrected chi connectivity index (χ0v) is 10.1. The summed E-state index contributed by atoms with van der Waals surface area (Å²) >= 11 is 0. The van der Waals surface area contributed by atoms with Crippen LogP contribution in [0.5, 0.6) is 0 Å². The summed E-state index contributed by atoms with van der Waals surface area (Å²) in [6.45, 7) is 0. The Kier molecular flexibility index (Phi) is 3.32. The fourth-order valence-corrected chi connectivity index (χ4v) is 2.04. The Morgan fingerprint density at radius 1 is 1.37 bits per heavy atom. The van der Waals surface area contributed by atoms with E-state index in [1.807, 2.05) is 0 Å². The number of aromatic nitrogens is 1. The van der Waals surface area contributed by atoms with Gasteiger partial charge < -0.3 is 9.84 Å². The minimum Gasteiger partial charge on any atom is -0.364 e. The number of carbonyl (C=O) groups is 1. The Labute approximate surface area is 107 Å². The molecule has 3 N–H and O–H groups in total. The van der Waals surface area contributed by atoms with Crippen molar-refractivity contribution in [2.24, 2.45) is 5.14 Å². The molecule has 0 radical (unpaired) electrons. The first-order chi connectivity index (χ1) is 8.88. The third kappa shape index (κ3) is 2.95. The van der Waals surface area contributed by atoms with Crippen LogP contribution in [0.4, 0.5) is 10.1 Å². The number of hydrogen-bond donors (Lipinski definition) is 2. The Bertz CT molecular complexity index is 712. The fourth-order valence-electron chi connectivity index (χ4n) is 1.36. The molecule has 0 aliphatic rings. The fraction of sp³-hybridized carbons (Fsp3) is 0. The summed E-state index contributed by atoms with van der Waals surface area (Å²) < 4.78 is 40.2. The summed E-state index contributed by atoms with van der Waals surface area (Å²) in [6, 6.07) is 4.00. The van der Waals surface area contributed by atoms with Crippen LogP contribution in [0.3, 0.4) is 0 Å². The van der Waals surface area contributed by atoms with E-state index in [0.717, 1.165) is 18.2 Å². The Hall–Kier alpha value is -2.26. The maximum Gasteiger partial charge on any atom is 0.277 e. The Balaban J connectivity index is 2.39. The molecule has 0 aliphatic heterocycles. The second kappa shape index (κ2) is 4.78. The van der Waals surface area contributed by atoms with E-state index in [0.29, 0.717) is 0 Å². The molecule has 1 aromatic carbocycles. The third-order valence-electron chi connectivity index (χ3n) is 2.17. The van der Waals surface area contributed by atoms with Crippen LogP contribution in [0.2, 0.25) is 0 Å². The molecule has 7 nitrogen and oxygen atoms in total. The van der Waals surface area contributed by atoms with Gasteiger partial charge in [0.1, 0.15) is 17.0 Å². The number of nitrogens with two attached hydrogens (primary N) is 1. The number of hydrogen-bond acceptors (Lipinski definition) is 5. The monoisotopic (exact) mass is 285 g/mol. The zero-order valence-electron chi connectivity index (χ0n) is 9.33. The normalized spacial score (nSPS) is 11.3. The van der Waals surface area contributed by atoms with E-state index in [1.165, 1.54) is 12.3 Å². The molecule has 0 bridgehead atoms. The first-order valence-electron chi connectivity index (χ1n) is 4.92. The molecule has 0 fully saturated rings. The highest BCUT2D eigenvalue weighted by atomic mass is 32.2. The Morgan fingerprint density at radius 2 is 2.11 bits per heavy atom. The van der Waals surface area contributed by atoms with E-state index in [2.05, 4.69) is 15.0 Å². The van der Waals surface area contributed by atoms with Gasteiger partial charge in [-0.2, -0.15) is 0 Å². The topological polar surface area (TPSA) is 115 Å². The van der Waals surface area contributed by atoms with Crippen LogP contribution in [-0.4, -0.2) is 19.5 Å². The average Bonchev–Trinajstić information content (AvgIpc) is 2.80. The number of rotatable bonds is 3. The zero-order chi connectivity index (χ0) is 14.0. The average molecular weight is 285 g/mol. The van der Waals surface area contributed by atoms with Crippen LogP contribution in [-0.2, 0) is 10.0 Å². The van der Waals surface area contributed by atoms with Crippen LogP contribution < -0.4 is 10.5 Å². The van der Waals surface area contributed by atoms with Crippen molar-refractivity contribution in [1.29, 1.82) is 0 Å². The molecule has 2 aromatic rings. The van der Waals surface area contributed by atoms with Gasteiger partial charge in [-0.1, -0.05) is 5.16 Å². The lowest BCUT2D eigenvalue weighted by atomic mass is 10.3. The van der Waals surface area contributed by atoms with E-state index < -0.39 is 26.6 Å². The van der Waals surface area contributed by atoms with Crippen molar-refractivity contribution >= 4 is 21.6 Å². The van der Waals surface area contributed by atoms with Gasteiger partial charge in [0.15, 0.2) is 5.69 Å². The van der Waals surface area contributed by atoms with Crippen molar-refractivity contribution < 1.29 is 22.1 Å². The van der Waals surface area contributed by atoms with E-state index in [4.69, 9.17) is 5.14 Å². The molecule has 100 valence electrons. The van der Waals surface area contributed by atoms with Crippen LogP contribution in [0.1, 0.15) is 10.5 Å². The van der Waals surface area contributed by atoms with E-state index >= 15 is 0 Å². The minimum atomic E-state index is -4.09. The number of sulfonamides is 1. The third-order valence-corrected chi connectivity index (χ3v) is 3.14. The van der Waals surface area contributed by atoms with Crippen LogP contribution in [0.25, 0.3) is 0 Å². The molecule has 2 rings (SSSR count). The highest BCUT2D eigenvalue weighted by Gasteiger charge is 2.18. The van der Waals surface area contributed by atoms with Crippen molar-refractivity contribution in [3.63, 3.8) is 0 Å². The summed E-state index contributed by atoms with van der Waals surface area (Å²) in [7, 11) is -4.09. The summed E-state index contributed by atoms with van der Waals surface area (Å²) in [4.78, 5) is 11.3. The molecule has 1 aromatic heterocycles. The smallest absolute Gasteiger partial charge is 0.277 e. The van der Waals surface area contributed by atoms with Crippen molar-refractivity contribution in [3.8, 4) is 0 Å². The van der Waals surface area contributed by atoms with Gasteiger partial charge >= 0.3 is 0 Å². The summed E-state index contributed by atoms with van der Waals surface area (Å²) in [5, 5.41) is 10.5. The lowest BCUT2D eigenvalue weighted by Crippen LogP contribution is -2.18. The molecule has 0 spiro atoms. The van der Waals surface area contributed by atoms with Crippen molar-refractivity contribution in [2.45, 2.75) is 4.90 Å². The Morgan fingerprint density at radius 3 is 2.68 bits per heavy atom. The lowest BCUT2D eigenvalue weighted by molar-refractivity contribution is 0.101. The molecule has 0 aliphatic carbocycles. The maximum atomic E-state index is 13.1. The van der Waals surface area contributed by atoms with Crippen LogP contribution in [0.15, 0.2) is 39.9 Å². The number of carbonyl (C=O) groups excluding carboxylic acids is 1. The quantitative estimate of drug-likeness (QED) is 0.861. The predicted molar refractivity (Wildman–Crippen MR) is 62.2 cm³/mol. The minimum absolute atomic E-state index is 0.0790. The van der Waals surface area contributed by atoms with Crippen molar-refractivity contribution in [1.82, 2.24) is 5.16 Å². The van der Waals surface area contributed by atoms with Gasteiger partial charge in [-0.25, -0.2) is 17.9 Å². The highest BCUT2D eigenvalue weighted by molar-refractivity contribution is 7.89. The number of benzene rings is 1. The molecule has 1 amide bonds. The van der Waals surface area contributed by atoms with E-state index in [1.54, 1.807) is 0 Å². The maximum absolute atomic E-state index is 13.1. The van der Waals surface area contributed by atoms with Crippen LogP contribution >= 0.6 is 0 Å². The first kappa shape index (κ1) is 13.2. The largest absolute Gasteiger partial charge is 0.364 e. The predicted octanol–water partition coefficient (Wildman–Crippen LogP) is 0.713. The number of amides is 1. The standard InChI is InChI=1S/C10H8FN3O4S/c11-6-1-2-9(19(12,16)17)8(5-6)13-10(15)7-3-4-18-14-7/h1-5H,(H,13,15)(H2,12,16,17). The first-order valence-corrected chi connectivity index (χ1v) is 6.46. The molecule has 1 heterocycles. The molecule has 0 atom stereocenters. The number of nitrogens with one attached hydrogen (secondary N) is 1. The van der Waals surface area contributed by atoms with Gasteiger partial charge in [0.2, 0.25) is 10.0 Å². The van der Waals surface area contributed by atoms with Gasteiger partial charge in [0, 0.05) is 6.07 Å². The number of nitrogens with zero attached hydrogens (tertiary/aromatic N) is 1. The molecular weight excluding hydrogens is 277 g/mol. The van der Waals surface area contributed by atoms with Crippen LogP contribution in [0, 0.1) is 5.82 Å². The number of anilines is 1. The molecule has 0 unspecified atom stereocenters. The van der Waals surface area contributed by atoms with Gasteiger partial charge in [0.25, 0.3) is 5.91 Å². The highest BCUT2D eigenvalue weighted by Crippen LogP contribution is 2.21. The molecular formula is C10H8FN3O4S. The molecule has 9 heteroatoms. The lowest BCUT2D eigenvalue weighted by Gasteiger charge is -2.08. The van der Waals surface area contributed by atoms with Gasteiger partial charge in [0.05, 0.1) is 5.69 Å². The van der Waals surface area contributed by atoms with Crippen molar-refractivity contribution in [2.75, 3.05) is 5.32 Å².